The first-order chi connectivity index (χ1) is 11.8. The Bertz CT molecular complexity index is 849. The van der Waals surface area contributed by atoms with E-state index in [2.05, 4.69) is 0 Å². The minimum absolute atomic E-state index is 0.0747. The lowest BCUT2D eigenvalue weighted by atomic mass is 9.96. The number of allylic oxidation sites excluding steroid dienone is 2. The standard InChI is InChI=1S/C19H13Cl2F3O/c20-13-7-12(8-14(21)9-13)17(19(22,23)24)10-18(25)16-6-2-4-11-3-1-5-15(11)16/h2,4,6-10H,1,3,5H2/b17-10+. The first-order valence-corrected chi connectivity index (χ1v) is 8.42. The summed E-state index contributed by atoms with van der Waals surface area (Å²) < 4.78 is 40.5. The molecule has 130 valence electrons. The molecule has 6 heteroatoms. The lowest BCUT2D eigenvalue weighted by molar-refractivity contribution is -0.0689. The molecule has 0 atom stereocenters. The molecule has 0 heterocycles. The highest BCUT2D eigenvalue weighted by molar-refractivity contribution is 6.35. The van der Waals surface area contributed by atoms with Crippen molar-refractivity contribution in [1.82, 2.24) is 0 Å². The summed E-state index contributed by atoms with van der Waals surface area (Å²) in [7, 11) is 0. The van der Waals surface area contributed by atoms with Crippen molar-refractivity contribution in [3.8, 4) is 0 Å². The van der Waals surface area contributed by atoms with Crippen molar-refractivity contribution < 1.29 is 18.0 Å². The molecular weight excluding hydrogens is 372 g/mol. The Morgan fingerprint density at radius 1 is 1.04 bits per heavy atom. The van der Waals surface area contributed by atoms with Crippen molar-refractivity contribution >= 4 is 34.6 Å². The number of alkyl halides is 3. The Balaban J connectivity index is 2.08. The van der Waals surface area contributed by atoms with Gasteiger partial charge in [-0.25, -0.2) is 0 Å². The van der Waals surface area contributed by atoms with Crippen molar-refractivity contribution in [2.24, 2.45) is 0 Å². The van der Waals surface area contributed by atoms with E-state index in [1.54, 1.807) is 12.1 Å². The largest absolute Gasteiger partial charge is 0.417 e. The summed E-state index contributed by atoms with van der Waals surface area (Å²) in [6, 6.07) is 8.82. The van der Waals surface area contributed by atoms with Gasteiger partial charge in [-0.15, -0.1) is 0 Å². The average Bonchev–Trinajstić information content (AvgIpc) is 2.98. The molecule has 0 aromatic heterocycles. The van der Waals surface area contributed by atoms with Crippen LogP contribution < -0.4 is 0 Å². The highest BCUT2D eigenvalue weighted by atomic mass is 35.5. The first kappa shape index (κ1) is 18.0. The molecule has 0 fully saturated rings. The molecule has 3 rings (SSSR count). The molecule has 0 saturated heterocycles. The monoisotopic (exact) mass is 384 g/mol. The number of hydrogen-bond acceptors (Lipinski definition) is 1. The summed E-state index contributed by atoms with van der Waals surface area (Å²) in [5.74, 6) is -0.665. The van der Waals surface area contributed by atoms with Crippen LogP contribution in [0.1, 0.15) is 33.5 Å². The molecule has 0 saturated carbocycles. The van der Waals surface area contributed by atoms with Crippen LogP contribution >= 0.6 is 23.2 Å². The van der Waals surface area contributed by atoms with Crippen LogP contribution in [-0.2, 0) is 12.8 Å². The summed E-state index contributed by atoms with van der Waals surface area (Å²) in [6.45, 7) is 0. The summed E-state index contributed by atoms with van der Waals surface area (Å²) >= 11 is 11.6. The van der Waals surface area contributed by atoms with Gasteiger partial charge in [0.1, 0.15) is 0 Å². The quantitative estimate of drug-likeness (QED) is 0.447. The van der Waals surface area contributed by atoms with Gasteiger partial charge in [-0.05, 0) is 60.2 Å². The van der Waals surface area contributed by atoms with Gasteiger partial charge in [0, 0.05) is 15.6 Å². The second kappa shape index (κ2) is 6.85. The van der Waals surface area contributed by atoms with Crippen molar-refractivity contribution in [2.45, 2.75) is 25.4 Å². The molecule has 0 amide bonds. The number of ketones is 1. The summed E-state index contributed by atoms with van der Waals surface area (Å²) in [6.07, 6.45) is -1.62. The van der Waals surface area contributed by atoms with Gasteiger partial charge < -0.3 is 0 Å². The molecule has 25 heavy (non-hydrogen) atoms. The molecule has 2 aromatic rings. The van der Waals surface area contributed by atoms with Crippen LogP contribution in [0.3, 0.4) is 0 Å². The minimum atomic E-state index is -4.71. The van der Waals surface area contributed by atoms with Gasteiger partial charge in [-0.2, -0.15) is 13.2 Å². The molecule has 2 aromatic carbocycles. The summed E-state index contributed by atoms with van der Waals surface area (Å²) in [5, 5.41) is 0.149. The Hall–Kier alpha value is -1.78. The highest BCUT2D eigenvalue weighted by Crippen LogP contribution is 2.37. The molecule has 0 aliphatic heterocycles. The maximum absolute atomic E-state index is 13.5. The molecule has 1 nitrogen and oxygen atoms in total. The van der Waals surface area contributed by atoms with Gasteiger partial charge >= 0.3 is 6.18 Å². The molecule has 0 unspecified atom stereocenters. The number of rotatable bonds is 3. The fraction of sp³-hybridized carbons (Fsp3) is 0.211. The van der Waals surface area contributed by atoms with Crippen LogP contribution in [0.25, 0.3) is 5.57 Å². The second-order valence-corrected chi connectivity index (χ2v) is 6.75. The van der Waals surface area contributed by atoms with Crippen LogP contribution in [0.2, 0.25) is 10.0 Å². The number of fused-ring (bicyclic) bond motifs is 1. The second-order valence-electron chi connectivity index (χ2n) is 5.87. The molecule has 0 spiro atoms. The number of benzene rings is 2. The average molecular weight is 385 g/mol. The highest BCUT2D eigenvalue weighted by Gasteiger charge is 2.36. The normalized spacial score (nSPS) is 14.5. The first-order valence-electron chi connectivity index (χ1n) is 7.66. The van der Waals surface area contributed by atoms with Crippen molar-refractivity contribution in [3.05, 3.63) is 74.8 Å². The zero-order chi connectivity index (χ0) is 18.2. The molecular formula is C19H13Cl2F3O. The van der Waals surface area contributed by atoms with E-state index >= 15 is 0 Å². The third kappa shape index (κ3) is 3.91. The fourth-order valence-corrected chi connectivity index (χ4v) is 3.62. The number of carbonyl (C=O) groups excluding carboxylic acids is 1. The minimum Gasteiger partial charge on any atom is -0.289 e. The maximum atomic E-state index is 13.5. The van der Waals surface area contributed by atoms with Gasteiger partial charge in [-0.3, -0.25) is 4.79 Å². The van der Waals surface area contributed by atoms with Gasteiger partial charge in [0.05, 0.1) is 5.57 Å². The van der Waals surface area contributed by atoms with Gasteiger partial charge in [0.25, 0.3) is 0 Å². The van der Waals surface area contributed by atoms with Crippen molar-refractivity contribution in [1.29, 1.82) is 0 Å². The fourth-order valence-electron chi connectivity index (χ4n) is 3.10. The Morgan fingerprint density at radius 3 is 2.36 bits per heavy atom. The predicted molar refractivity (Wildman–Crippen MR) is 93.3 cm³/mol. The predicted octanol–water partition coefficient (Wildman–Crippen LogP) is 6.31. The van der Waals surface area contributed by atoms with E-state index in [0.717, 1.165) is 36.1 Å². The van der Waals surface area contributed by atoms with E-state index in [9.17, 15) is 18.0 Å². The van der Waals surface area contributed by atoms with Crippen LogP contribution in [0, 0.1) is 0 Å². The van der Waals surface area contributed by atoms with E-state index in [1.807, 2.05) is 6.07 Å². The van der Waals surface area contributed by atoms with Crippen molar-refractivity contribution in [2.75, 3.05) is 0 Å². The number of halogens is 5. The van der Waals surface area contributed by atoms with Gasteiger partial charge in [0.2, 0.25) is 0 Å². The van der Waals surface area contributed by atoms with Gasteiger partial charge in [-0.1, -0.05) is 41.4 Å². The zero-order valence-corrected chi connectivity index (χ0v) is 14.5. The Labute approximate surface area is 153 Å². The third-order valence-corrected chi connectivity index (χ3v) is 4.60. The zero-order valence-electron chi connectivity index (χ0n) is 13.0. The van der Waals surface area contributed by atoms with E-state index in [4.69, 9.17) is 23.2 Å². The van der Waals surface area contributed by atoms with Crippen LogP contribution in [0.5, 0.6) is 0 Å². The maximum Gasteiger partial charge on any atom is 0.417 e. The summed E-state index contributed by atoms with van der Waals surface area (Å²) in [5.41, 5.74) is 0.904. The Kier molecular flexibility index (Phi) is 4.94. The van der Waals surface area contributed by atoms with E-state index < -0.39 is 17.5 Å². The smallest absolute Gasteiger partial charge is 0.289 e. The van der Waals surface area contributed by atoms with E-state index in [0.29, 0.717) is 18.1 Å². The van der Waals surface area contributed by atoms with Crippen LogP contribution in [0.15, 0.2) is 42.5 Å². The van der Waals surface area contributed by atoms with Crippen LogP contribution in [0.4, 0.5) is 13.2 Å². The lowest BCUT2D eigenvalue weighted by Crippen LogP contribution is -2.13. The van der Waals surface area contributed by atoms with E-state index in [-0.39, 0.29) is 15.6 Å². The molecule has 1 aliphatic rings. The summed E-state index contributed by atoms with van der Waals surface area (Å²) in [4.78, 5) is 12.6. The topological polar surface area (TPSA) is 17.1 Å². The number of aryl methyl sites for hydroxylation is 1. The third-order valence-electron chi connectivity index (χ3n) is 4.17. The molecule has 0 bridgehead atoms. The Morgan fingerprint density at radius 2 is 1.72 bits per heavy atom. The lowest BCUT2D eigenvalue weighted by Gasteiger charge is -2.13. The van der Waals surface area contributed by atoms with Crippen molar-refractivity contribution in [3.63, 3.8) is 0 Å². The van der Waals surface area contributed by atoms with Gasteiger partial charge in [0.15, 0.2) is 5.78 Å². The number of carbonyl (C=O) groups is 1. The SMILES string of the molecule is O=C(/C=C(\c1cc(Cl)cc(Cl)c1)C(F)(F)F)c1cccc2c1CCC2. The van der Waals surface area contributed by atoms with E-state index in [1.165, 1.54) is 6.07 Å². The molecule has 0 N–H and O–H groups in total. The van der Waals surface area contributed by atoms with Crippen LogP contribution in [-0.4, -0.2) is 12.0 Å². The molecule has 0 radical (unpaired) electrons. The molecule has 1 aliphatic carbocycles. The number of hydrogen-bond donors (Lipinski definition) is 0.